The monoisotopic (exact) mass is 303 g/mol. The van der Waals surface area contributed by atoms with E-state index in [1.807, 2.05) is 54.6 Å². The minimum atomic E-state index is 0.758. The highest BCUT2D eigenvalue weighted by Crippen LogP contribution is 2.21. The van der Waals surface area contributed by atoms with Gasteiger partial charge in [0.25, 0.3) is 0 Å². The molecule has 0 bridgehead atoms. The van der Waals surface area contributed by atoms with Crippen molar-refractivity contribution in [2.75, 3.05) is 12.5 Å². The minimum Gasteiger partial charge on any atom is -0.497 e. The fraction of sp³-hybridized carbons (Fsp3) is 0.0526. The first-order chi connectivity index (χ1) is 11.3. The van der Waals surface area contributed by atoms with Crippen LogP contribution in [0.1, 0.15) is 5.56 Å². The normalized spacial score (nSPS) is 11.3. The van der Waals surface area contributed by atoms with Crippen molar-refractivity contribution in [3.63, 3.8) is 0 Å². The van der Waals surface area contributed by atoms with Crippen molar-refractivity contribution in [2.24, 2.45) is 5.10 Å². The van der Waals surface area contributed by atoms with Crippen LogP contribution < -0.4 is 10.2 Å². The lowest BCUT2D eigenvalue weighted by molar-refractivity contribution is 0.415. The number of hydrazone groups is 1. The molecule has 0 aliphatic carbocycles. The first kappa shape index (κ1) is 14.8. The Morgan fingerprint density at radius 3 is 2.70 bits per heavy atom. The number of hydrogen-bond acceptors (Lipinski definition) is 4. The van der Waals surface area contributed by atoms with Gasteiger partial charge in [-0.05, 0) is 54.6 Å². The molecule has 23 heavy (non-hydrogen) atoms. The second kappa shape index (κ2) is 6.75. The van der Waals surface area contributed by atoms with Gasteiger partial charge in [-0.3, -0.25) is 10.4 Å². The van der Waals surface area contributed by atoms with Crippen LogP contribution in [-0.4, -0.2) is 17.8 Å². The Bertz CT molecular complexity index is 849. The fourth-order valence-corrected chi connectivity index (χ4v) is 2.31. The van der Waals surface area contributed by atoms with E-state index in [4.69, 9.17) is 4.74 Å². The predicted octanol–water partition coefficient (Wildman–Crippen LogP) is 4.25. The molecular weight excluding hydrogens is 286 g/mol. The number of anilines is 1. The molecule has 1 N–H and O–H groups in total. The Kier molecular flexibility index (Phi) is 4.34. The summed E-state index contributed by atoms with van der Waals surface area (Å²) in [6.45, 7) is 3.84. The number of hydrogen-bond donors (Lipinski definition) is 1. The molecule has 0 fully saturated rings. The molecule has 0 saturated heterocycles. The number of fused-ring (bicyclic) bond motifs is 1. The van der Waals surface area contributed by atoms with E-state index >= 15 is 0 Å². The third-order valence-electron chi connectivity index (χ3n) is 3.52. The van der Waals surface area contributed by atoms with Crippen molar-refractivity contribution < 1.29 is 4.74 Å². The van der Waals surface area contributed by atoms with E-state index in [1.165, 1.54) is 0 Å². The number of nitrogens with zero attached hydrogens (tertiary/aromatic N) is 2. The Balaban J connectivity index is 1.90. The number of ether oxygens (including phenoxy) is 1. The Hall–Kier alpha value is -3.14. The molecule has 3 rings (SSSR count). The van der Waals surface area contributed by atoms with Crippen LogP contribution in [0.4, 0.5) is 5.69 Å². The van der Waals surface area contributed by atoms with E-state index in [0.29, 0.717) is 0 Å². The summed E-state index contributed by atoms with van der Waals surface area (Å²) >= 11 is 0. The molecule has 4 nitrogen and oxygen atoms in total. The van der Waals surface area contributed by atoms with Crippen LogP contribution in [0.15, 0.2) is 78.6 Å². The highest BCUT2D eigenvalue weighted by atomic mass is 16.5. The van der Waals surface area contributed by atoms with E-state index in [0.717, 1.165) is 33.6 Å². The topological polar surface area (TPSA) is 46.5 Å². The quantitative estimate of drug-likeness (QED) is 0.566. The molecule has 2 aromatic carbocycles. The molecule has 0 atom stereocenters. The zero-order valence-electron chi connectivity index (χ0n) is 12.9. The van der Waals surface area contributed by atoms with E-state index in [9.17, 15) is 0 Å². The maximum Gasteiger partial charge on any atom is 0.118 e. The van der Waals surface area contributed by atoms with Crippen LogP contribution in [0.25, 0.3) is 10.9 Å². The van der Waals surface area contributed by atoms with Crippen molar-refractivity contribution in [2.45, 2.75) is 0 Å². The summed E-state index contributed by atoms with van der Waals surface area (Å²) in [5, 5.41) is 5.49. The summed E-state index contributed by atoms with van der Waals surface area (Å²) in [5.41, 5.74) is 6.67. The van der Waals surface area contributed by atoms with Gasteiger partial charge in [0.15, 0.2) is 0 Å². The van der Waals surface area contributed by atoms with Gasteiger partial charge in [0.1, 0.15) is 5.75 Å². The smallest absolute Gasteiger partial charge is 0.118 e. The van der Waals surface area contributed by atoms with E-state index < -0.39 is 0 Å². The summed E-state index contributed by atoms with van der Waals surface area (Å²) < 4.78 is 5.17. The largest absolute Gasteiger partial charge is 0.497 e. The lowest BCUT2D eigenvalue weighted by Gasteiger charge is -2.07. The number of allylic oxidation sites excluding steroid dienone is 1. The van der Waals surface area contributed by atoms with Gasteiger partial charge >= 0.3 is 0 Å². The molecule has 0 saturated carbocycles. The highest BCUT2D eigenvalue weighted by molar-refractivity contribution is 6.09. The molecular formula is C19H17N3O. The van der Waals surface area contributed by atoms with E-state index in [-0.39, 0.29) is 0 Å². The first-order valence-corrected chi connectivity index (χ1v) is 7.26. The molecule has 0 spiro atoms. The number of aromatic nitrogens is 1. The van der Waals surface area contributed by atoms with Crippen LogP contribution >= 0.6 is 0 Å². The summed E-state index contributed by atoms with van der Waals surface area (Å²) in [4.78, 5) is 4.34. The molecule has 1 heterocycles. The predicted molar refractivity (Wildman–Crippen MR) is 95.1 cm³/mol. The third kappa shape index (κ3) is 3.21. The van der Waals surface area contributed by atoms with Crippen molar-refractivity contribution in [3.8, 4) is 5.75 Å². The SMILES string of the molecule is C=C/C(=N\Nc1cccc2ncccc12)c1ccc(OC)cc1. The maximum absolute atomic E-state index is 5.17. The van der Waals surface area contributed by atoms with Gasteiger partial charge in [0.2, 0.25) is 0 Å². The van der Waals surface area contributed by atoms with Crippen molar-refractivity contribution >= 4 is 22.3 Å². The van der Waals surface area contributed by atoms with Crippen LogP contribution in [-0.2, 0) is 0 Å². The van der Waals surface area contributed by atoms with Crippen LogP contribution in [0.2, 0.25) is 0 Å². The van der Waals surface area contributed by atoms with Crippen molar-refractivity contribution in [1.82, 2.24) is 4.98 Å². The third-order valence-corrected chi connectivity index (χ3v) is 3.52. The maximum atomic E-state index is 5.17. The molecule has 1 aromatic heterocycles. The van der Waals surface area contributed by atoms with Crippen molar-refractivity contribution in [3.05, 3.63) is 79.0 Å². The lowest BCUT2D eigenvalue weighted by Crippen LogP contribution is -2.01. The van der Waals surface area contributed by atoms with Gasteiger partial charge in [0.05, 0.1) is 24.0 Å². The number of benzene rings is 2. The van der Waals surface area contributed by atoms with Crippen LogP contribution in [0, 0.1) is 0 Å². The Morgan fingerprint density at radius 2 is 1.96 bits per heavy atom. The second-order valence-electron chi connectivity index (χ2n) is 4.92. The van der Waals surface area contributed by atoms with Crippen LogP contribution in [0.5, 0.6) is 5.75 Å². The van der Waals surface area contributed by atoms with Gasteiger partial charge in [-0.15, -0.1) is 0 Å². The first-order valence-electron chi connectivity index (χ1n) is 7.26. The molecule has 0 amide bonds. The van der Waals surface area contributed by atoms with Gasteiger partial charge in [-0.2, -0.15) is 5.10 Å². The number of methoxy groups -OCH3 is 1. The van der Waals surface area contributed by atoms with E-state index in [1.54, 1.807) is 19.4 Å². The zero-order chi connectivity index (χ0) is 16.1. The molecule has 0 radical (unpaired) electrons. The molecule has 0 unspecified atom stereocenters. The summed E-state index contributed by atoms with van der Waals surface area (Å²) in [6, 6.07) is 17.5. The van der Waals surface area contributed by atoms with Gasteiger partial charge in [-0.1, -0.05) is 12.6 Å². The van der Waals surface area contributed by atoms with Gasteiger partial charge < -0.3 is 4.74 Å². The molecule has 0 aliphatic rings. The summed E-state index contributed by atoms with van der Waals surface area (Å²) in [6.07, 6.45) is 3.50. The molecule has 3 aromatic rings. The molecule has 4 heteroatoms. The second-order valence-corrected chi connectivity index (χ2v) is 4.92. The van der Waals surface area contributed by atoms with Crippen LogP contribution in [0.3, 0.4) is 0 Å². The molecule has 0 aliphatic heterocycles. The van der Waals surface area contributed by atoms with Gasteiger partial charge in [0, 0.05) is 17.1 Å². The number of pyridine rings is 1. The lowest BCUT2D eigenvalue weighted by atomic mass is 10.1. The summed E-state index contributed by atoms with van der Waals surface area (Å²) in [7, 11) is 1.65. The standard InChI is InChI=1S/C19H17N3O/c1-3-17(14-9-11-15(23-2)12-10-14)21-22-19-8-4-7-18-16(19)6-5-13-20-18/h3-13,22H,1H2,2H3/b21-17+. The number of nitrogens with one attached hydrogen (secondary N) is 1. The fourth-order valence-electron chi connectivity index (χ4n) is 2.31. The Morgan fingerprint density at radius 1 is 1.13 bits per heavy atom. The van der Waals surface area contributed by atoms with Gasteiger partial charge in [-0.25, -0.2) is 0 Å². The Labute approximate surface area is 135 Å². The average Bonchev–Trinajstić information content (AvgIpc) is 2.63. The van der Waals surface area contributed by atoms with E-state index in [2.05, 4.69) is 22.1 Å². The van der Waals surface area contributed by atoms with Crippen molar-refractivity contribution in [1.29, 1.82) is 0 Å². The number of rotatable bonds is 5. The zero-order valence-corrected chi connectivity index (χ0v) is 12.9. The minimum absolute atomic E-state index is 0.758. The average molecular weight is 303 g/mol. The molecule has 114 valence electrons. The highest BCUT2D eigenvalue weighted by Gasteiger charge is 2.02. The summed E-state index contributed by atoms with van der Waals surface area (Å²) in [5.74, 6) is 0.810.